The van der Waals surface area contributed by atoms with Crippen LogP contribution in [-0.4, -0.2) is 41.1 Å². The van der Waals surface area contributed by atoms with Crippen molar-refractivity contribution in [2.75, 3.05) is 6.61 Å². The predicted molar refractivity (Wildman–Crippen MR) is 124 cm³/mol. The highest BCUT2D eigenvalue weighted by atomic mass is 19.3. The van der Waals surface area contributed by atoms with E-state index in [1.807, 2.05) is 35.0 Å². The number of hydrogen-bond donors (Lipinski definition) is 1. The van der Waals surface area contributed by atoms with Crippen molar-refractivity contribution in [1.29, 1.82) is 0 Å². The highest BCUT2D eigenvalue weighted by Gasteiger charge is 2.40. The van der Waals surface area contributed by atoms with Crippen molar-refractivity contribution in [3.63, 3.8) is 0 Å². The Morgan fingerprint density at radius 3 is 2.71 bits per heavy atom. The fourth-order valence-electron chi connectivity index (χ4n) is 4.20. The van der Waals surface area contributed by atoms with E-state index in [9.17, 15) is 5.11 Å². The highest BCUT2D eigenvalue weighted by molar-refractivity contribution is 5.85. The SMILES string of the molecule is OCCn1ccc2cc(-c3ccc4nnc(C(F)(F)c5ccc6ncccc6c5)n4n3)ccc21. The van der Waals surface area contributed by atoms with Crippen molar-refractivity contribution in [1.82, 2.24) is 29.4 Å². The third-order valence-electron chi connectivity index (χ3n) is 5.92. The fourth-order valence-corrected chi connectivity index (χ4v) is 4.20. The number of halogens is 2. The van der Waals surface area contributed by atoms with E-state index in [0.29, 0.717) is 23.1 Å². The molecule has 0 atom stereocenters. The number of fused-ring (bicyclic) bond motifs is 3. The van der Waals surface area contributed by atoms with Crippen LogP contribution in [0.5, 0.6) is 0 Å². The van der Waals surface area contributed by atoms with Gasteiger partial charge >= 0.3 is 5.92 Å². The first-order valence-electron chi connectivity index (χ1n) is 10.7. The Bertz CT molecular complexity index is 1670. The molecule has 0 fully saturated rings. The van der Waals surface area contributed by atoms with Crippen molar-refractivity contribution in [2.24, 2.45) is 0 Å². The zero-order chi connectivity index (χ0) is 23.3. The summed E-state index contributed by atoms with van der Waals surface area (Å²) in [6.45, 7) is 0.541. The molecule has 0 amide bonds. The van der Waals surface area contributed by atoms with E-state index in [1.165, 1.54) is 12.1 Å². The molecule has 0 bridgehead atoms. The molecule has 4 aromatic heterocycles. The molecule has 7 nitrogen and oxygen atoms in total. The van der Waals surface area contributed by atoms with Crippen LogP contribution in [0.1, 0.15) is 11.4 Å². The molecule has 0 saturated heterocycles. The second-order valence-corrected chi connectivity index (χ2v) is 8.00. The molecule has 0 aliphatic rings. The van der Waals surface area contributed by atoms with E-state index in [2.05, 4.69) is 20.3 Å². The van der Waals surface area contributed by atoms with Crippen molar-refractivity contribution < 1.29 is 13.9 Å². The second kappa shape index (κ2) is 7.67. The summed E-state index contributed by atoms with van der Waals surface area (Å²) in [6.07, 6.45) is 3.52. The van der Waals surface area contributed by atoms with Gasteiger partial charge in [0.25, 0.3) is 0 Å². The summed E-state index contributed by atoms with van der Waals surface area (Å²) in [5.74, 6) is -3.97. The van der Waals surface area contributed by atoms with Gasteiger partial charge in [0.05, 0.1) is 17.8 Å². The van der Waals surface area contributed by atoms with Crippen LogP contribution < -0.4 is 0 Å². The van der Waals surface area contributed by atoms with E-state index >= 15 is 8.78 Å². The monoisotopic (exact) mass is 456 g/mol. The maximum Gasteiger partial charge on any atom is 0.333 e. The number of aliphatic hydroxyl groups excluding tert-OH is 1. The van der Waals surface area contributed by atoms with Crippen LogP contribution in [0, 0.1) is 0 Å². The first-order valence-corrected chi connectivity index (χ1v) is 10.7. The summed E-state index contributed by atoms with van der Waals surface area (Å²) >= 11 is 0. The standard InChI is InChI=1S/C25H18F2N6O/c26-25(27,19-4-5-20-16(15-19)2-1-10-28-20)24-30-29-23-8-6-21(31-33(23)24)17-3-7-22-18(14-17)9-11-32(22)12-13-34/h1-11,14-15,34H,12-13H2. The van der Waals surface area contributed by atoms with Gasteiger partial charge in [0, 0.05) is 46.4 Å². The molecule has 9 heteroatoms. The zero-order valence-electron chi connectivity index (χ0n) is 17.8. The van der Waals surface area contributed by atoms with Crippen molar-refractivity contribution in [3.05, 3.63) is 90.5 Å². The predicted octanol–water partition coefficient (Wildman–Crippen LogP) is 4.43. The van der Waals surface area contributed by atoms with Crippen LogP contribution in [-0.2, 0) is 12.5 Å². The molecule has 2 aromatic carbocycles. The summed E-state index contributed by atoms with van der Waals surface area (Å²) in [5, 5.41) is 23.0. The Morgan fingerprint density at radius 1 is 0.912 bits per heavy atom. The first kappa shape index (κ1) is 20.4. The van der Waals surface area contributed by atoms with Crippen LogP contribution >= 0.6 is 0 Å². The number of benzene rings is 2. The van der Waals surface area contributed by atoms with Gasteiger partial charge in [-0.3, -0.25) is 4.98 Å². The van der Waals surface area contributed by atoms with Gasteiger partial charge in [0.1, 0.15) is 0 Å². The molecular formula is C25H18F2N6O. The van der Waals surface area contributed by atoms with Gasteiger partial charge < -0.3 is 9.67 Å². The maximum atomic E-state index is 15.6. The number of aliphatic hydroxyl groups is 1. The lowest BCUT2D eigenvalue weighted by Crippen LogP contribution is -2.20. The van der Waals surface area contributed by atoms with Crippen LogP contribution in [0.15, 0.2) is 79.1 Å². The lowest BCUT2D eigenvalue weighted by Gasteiger charge is -2.15. The molecule has 0 saturated carbocycles. The Morgan fingerprint density at radius 2 is 1.82 bits per heavy atom. The number of hydrogen-bond acceptors (Lipinski definition) is 5. The van der Waals surface area contributed by atoms with Gasteiger partial charge in [-0.2, -0.15) is 18.4 Å². The maximum absolute atomic E-state index is 15.6. The third-order valence-corrected chi connectivity index (χ3v) is 5.92. The minimum Gasteiger partial charge on any atom is -0.395 e. The molecule has 1 N–H and O–H groups in total. The molecule has 0 aliphatic carbocycles. The van der Waals surface area contributed by atoms with Crippen LogP contribution in [0.25, 0.3) is 38.7 Å². The fraction of sp³-hybridized carbons (Fsp3) is 0.120. The number of nitrogens with zero attached hydrogens (tertiary/aromatic N) is 6. The van der Waals surface area contributed by atoms with E-state index in [4.69, 9.17) is 0 Å². The summed E-state index contributed by atoms with van der Waals surface area (Å²) in [5.41, 5.74) is 2.93. The lowest BCUT2D eigenvalue weighted by atomic mass is 10.0. The minimum atomic E-state index is -3.42. The summed E-state index contributed by atoms with van der Waals surface area (Å²) in [4.78, 5) is 4.19. The smallest absolute Gasteiger partial charge is 0.333 e. The molecule has 6 aromatic rings. The molecule has 6 rings (SSSR count). The Labute approximate surface area is 191 Å². The average molecular weight is 456 g/mol. The summed E-state index contributed by atoms with van der Waals surface area (Å²) < 4.78 is 34.2. The lowest BCUT2D eigenvalue weighted by molar-refractivity contribution is 0.0307. The molecule has 34 heavy (non-hydrogen) atoms. The number of alkyl halides is 2. The van der Waals surface area contributed by atoms with Crippen LogP contribution in [0.4, 0.5) is 8.78 Å². The molecular weight excluding hydrogens is 438 g/mol. The quantitative estimate of drug-likeness (QED) is 0.415. The highest BCUT2D eigenvalue weighted by Crippen LogP contribution is 2.36. The van der Waals surface area contributed by atoms with E-state index in [0.717, 1.165) is 21.0 Å². The number of aromatic nitrogens is 6. The van der Waals surface area contributed by atoms with E-state index < -0.39 is 11.7 Å². The van der Waals surface area contributed by atoms with Gasteiger partial charge in [-0.15, -0.1) is 10.2 Å². The molecule has 4 heterocycles. The third kappa shape index (κ3) is 3.20. The van der Waals surface area contributed by atoms with Gasteiger partial charge in [-0.1, -0.05) is 18.2 Å². The van der Waals surface area contributed by atoms with Crippen LogP contribution in [0.2, 0.25) is 0 Å². The first-order chi connectivity index (χ1) is 16.5. The Kier molecular flexibility index (Phi) is 4.59. The topological polar surface area (TPSA) is 81.1 Å². The normalized spacial score (nSPS) is 12.2. The van der Waals surface area contributed by atoms with Gasteiger partial charge in [0.15, 0.2) is 5.65 Å². The average Bonchev–Trinajstić information content (AvgIpc) is 3.48. The number of pyridine rings is 1. The summed E-state index contributed by atoms with van der Waals surface area (Å²) in [6, 6.07) is 18.8. The van der Waals surface area contributed by atoms with Gasteiger partial charge in [0.2, 0.25) is 5.82 Å². The minimum absolute atomic E-state index is 0.0437. The van der Waals surface area contributed by atoms with E-state index in [1.54, 1.807) is 36.5 Å². The Balaban J connectivity index is 1.44. The van der Waals surface area contributed by atoms with Crippen molar-refractivity contribution in [3.8, 4) is 11.3 Å². The van der Waals surface area contributed by atoms with Crippen molar-refractivity contribution in [2.45, 2.75) is 12.5 Å². The molecule has 0 radical (unpaired) electrons. The summed E-state index contributed by atoms with van der Waals surface area (Å²) in [7, 11) is 0. The zero-order valence-corrected chi connectivity index (χ0v) is 17.8. The molecule has 0 unspecified atom stereocenters. The van der Waals surface area contributed by atoms with Gasteiger partial charge in [-0.25, -0.2) is 0 Å². The second-order valence-electron chi connectivity index (χ2n) is 8.00. The molecule has 0 aliphatic heterocycles. The molecule has 168 valence electrons. The van der Waals surface area contributed by atoms with E-state index in [-0.39, 0.29) is 17.8 Å². The van der Waals surface area contributed by atoms with Gasteiger partial charge in [-0.05, 0) is 48.5 Å². The molecule has 0 spiro atoms. The van der Waals surface area contributed by atoms with Crippen molar-refractivity contribution >= 4 is 27.5 Å². The largest absolute Gasteiger partial charge is 0.395 e. The number of rotatable bonds is 5. The van der Waals surface area contributed by atoms with Crippen LogP contribution in [0.3, 0.4) is 0 Å². The Hall–Kier alpha value is -4.24.